The van der Waals surface area contributed by atoms with E-state index < -0.39 is 0 Å². The number of benzene rings is 2. The second kappa shape index (κ2) is 8.79. The van der Waals surface area contributed by atoms with Gasteiger partial charge in [0.1, 0.15) is 0 Å². The number of carbonyl (C=O) groups is 2. The van der Waals surface area contributed by atoms with Gasteiger partial charge in [0.15, 0.2) is 10.9 Å². The lowest BCUT2D eigenvalue weighted by Gasteiger charge is -2.18. The van der Waals surface area contributed by atoms with Gasteiger partial charge < -0.3 is 4.90 Å². The molecule has 0 radical (unpaired) electrons. The predicted octanol–water partition coefficient (Wildman–Crippen LogP) is 5.02. The van der Waals surface area contributed by atoms with Gasteiger partial charge in [-0.3, -0.25) is 9.69 Å². The van der Waals surface area contributed by atoms with E-state index in [0.717, 1.165) is 11.1 Å². The summed E-state index contributed by atoms with van der Waals surface area (Å²) in [6, 6.07) is 18.1. The monoisotopic (exact) mass is 419 g/mol. The lowest BCUT2D eigenvalue weighted by molar-refractivity contribution is 0.0986. The molecule has 2 amide bonds. The lowest BCUT2D eigenvalue weighted by Crippen LogP contribution is -2.31. The summed E-state index contributed by atoms with van der Waals surface area (Å²) >= 11 is 1.33. The quantitative estimate of drug-likeness (QED) is 0.506. The molecular weight excluding hydrogens is 394 g/mol. The van der Waals surface area contributed by atoms with Crippen molar-refractivity contribution in [3.05, 3.63) is 81.9 Å². The summed E-state index contributed by atoms with van der Waals surface area (Å²) in [6.45, 7) is 5.75. The first-order valence-corrected chi connectivity index (χ1v) is 11.0. The Labute approximate surface area is 181 Å². The zero-order valence-corrected chi connectivity index (χ0v) is 18.1. The van der Waals surface area contributed by atoms with Crippen LogP contribution < -0.4 is 4.90 Å². The van der Waals surface area contributed by atoms with Crippen molar-refractivity contribution >= 4 is 28.3 Å². The number of hydrogen-bond donors (Lipinski definition) is 0. The number of aryl methyl sites for hydroxylation is 3. The molecule has 2 heterocycles. The third kappa shape index (κ3) is 4.28. The van der Waals surface area contributed by atoms with Crippen LogP contribution in [-0.2, 0) is 13.0 Å². The summed E-state index contributed by atoms with van der Waals surface area (Å²) in [4.78, 5) is 34.5. The Morgan fingerprint density at radius 3 is 2.53 bits per heavy atom. The maximum atomic E-state index is 13.0. The number of ketones is 1. The number of anilines is 1. The molecule has 0 N–H and O–H groups in total. The highest BCUT2D eigenvalue weighted by Gasteiger charge is 2.32. The first kappa shape index (κ1) is 20.3. The largest absolute Gasteiger partial charge is 0.326 e. The molecule has 0 spiro atoms. The van der Waals surface area contributed by atoms with Crippen LogP contribution in [-0.4, -0.2) is 34.8 Å². The Bertz CT molecular complexity index is 1060. The average Bonchev–Trinajstić information content (AvgIpc) is 3.31. The minimum atomic E-state index is -0.0460. The number of thiazole rings is 1. The highest BCUT2D eigenvalue weighted by Crippen LogP contribution is 2.30. The number of aromatic nitrogens is 1. The Hall–Kier alpha value is -2.99. The van der Waals surface area contributed by atoms with Crippen molar-refractivity contribution < 1.29 is 9.59 Å². The third-order valence-electron chi connectivity index (χ3n) is 5.47. The van der Waals surface area contributed by atoms with E-state index in [1.807, 2.05) is 54.3 Å². The van der Waals surface area contributed by atoms with E-state index in [-0.39, 0.29) is 11.8 Å². The molecule has 1 aromatic heterocycles. The van der Waals surface area contributed by atoms with Gasteiger partial charge >= 0.3 is 6.03 Å². The molecule has 0 bridgehead atoms. The summed E-state index contributed by atoms with van der Waals surface area (Å²) in [7, 11) is 0. The number of carbonyl (C=O) groups excluding carboxylic acids is 2. The number of Topliss-reactive ketones (excluding diaryl/α,β-unsaturated/α-hetero) is 1. The molecule has 0 aliphatic carbocycles. The van der Waals surface area contributed by atoms with Gasteiger partial charge in [-0.1, -0.05) is 65.9 Å². The minimum absolute atomic E-state index is 0.0460. The SMILES string of the molecule is Cc1ccccc1CN1CCN(c2nc(C)c(C(=O)CCc3ccccc3)s2)C1=O. The molecule has 30 heavy (non-hydrogen) atoms. The molecule has 1 saturated heterocycles. The molecule has 1 fully saturated rings. The maximum absolute atomic E-state index is 13.0. The fraction of sp³-hybridized carbons (Fsp3) is 0.292. The van der Waals surface area contributed by atoms with Crippen LogP contribution in [0.4, 0.5) is 9.93 Å². The van der Waals surface area contributed by atoms with Gasteiger partial charge in [-0.05, 0) is 37.0 Å². The first-order valence-electron chi connectivity index (χ1n) is 10.2. The second-order valence-electron chi connectivity index (χ2n) is 7.60. The van der Waals surface area contributed by atoms with Gasteiger partial charge in [-0.2, -0.15) is 0 Å². The van der Waals surface area contributed by atoms with Crippen molar-refractivity contribution in [3.63, 3.8) is 0 Å². The molecule has 2 aromatic carbocycles. The van der Waals surface area contributed by atoms with E-state index in [1.165, 1.54) is 16.9 Å². The van der Waals surface area contributed by atoms with E-state index >= 15 is 0 Å². The smallest absolute Gasteiger partial charge is 0.318 e. The third-order valence-corrected chi connectivity index (χ3v) is 6.69. The molecule has 6 heteroatoms. The van der Waals surface area contributed by atoms with Crippen LogP contribution in [0.2, 0.25) is 0 Å². The molecule has 1 aliphatic rings. The van der Waals surface area contributed by atoms with Crippen molar-refractivity contribution in [3.8, 4) is 0 Å². The molecule has 0 atom stereocenters. The Morgan fingerprint density at radius 1 is 1.03 bits per heavy atom. The van der Waals surface area contributed by atoms with Crippen LogP contribution >= 0.6 is 11.3 Å². The molecule has 4 rings (SSSR count). The van der Waals surface area contributed by atoms with E-state index in [4.69, 9.17) is 0 Å². The molecular formula is C24H25N3O2S. The zero-order valence-electron chi connectivity index (χ0n) is 17.3. The second-order valence-corrected chi connectivity index (χ2v) is 8.58. The molecule has 3 aromatic rings. The fourth-order valence-electron chi connectivity index (χ4n) is 3.67. The van der Waals surface area contributed by atoms with Gasteiger partial charge in [-0.25, -0.2) is 9.78 Å². The predicted molar refractivity (Wildman–Crippen MR) is 120 cm³/mol. The number of urea groups is 1. The number of hydrogen-bond acceptors (Lipinski definition) is 4. The first-order chi connectivity index (χ1) is 14.5. The maximum Gasteiger partial charge on any atom is 0.326 e. The molecule has 154 valence electrons. The summed E-state index contributed by atoms with van der Waals surface area (Å²) < 4.78 is 0. The Balaban J connectivity index is 1.43. The van der Waals surface area contributed by atoms with Crippen LogP contribution in [0.25, 0.3) is 0 Å². The van der Waals surface area contributed by atoms with E-state index in [9.17, 15) is 9.59 Å². The molecule has 5 nitrogen and oxygen atoms in total. The number of nitrogens with zero attached hydrogens (tertiary/aromatic N) is 3. The molecule has 1 aliphatic heterocycles. The highest BCUT2D eigenvalue weighted by atomic mass is 32.1. The van der Waals surface area contributed by atoms with Crippen LogP contribution in [0.3, 0.4) is 0 Å². The van der Waals surface area contributed by atoms with Crippen molar-refractivity contribution in [2.75, 3.05) is 18.0 Å². The zero-order chi connectivity index (χ0) is 21.1. The molecule has 0 saturated carbocycles. The van der Waals surface area contributed by atoms with Crippen molar-refractivity contribution in [2.45, 2.75) is 33.2 Å². The highest BCUT2D eigenvalue weighted by molar-refractivity contribution is 7.17. The van der Waals surface area contributed by atoms with Crippen LogP contribution in [0.5, 0.6) is 0 Å². The summed E-state index contributed by atoms with van der Waals surface area (Å²) in [5.74, 6) is 0.0866. The number of amides is 2. The van der Waals surface area contributed by atoms with Crippen LogP contribution in [0.1, 0.15) is 38.5 Å². The van der Waals surface area contributed by atoms with Gasteiger partial charge in [0.05, 0.1) is 10.6 Å². The summed E-state index contributed by atoms with van der Waals surface area (Å²) in [5.41, 5.74) is 4.19. The van der Waals surface area contributed by atoms with Gasteiger partial charge in [0.25, 0.3) is 0 Å². The minimum Gasteiger partial charge on any atom is -0.318 e. The average molecular weight is 420 g/mol. The summed E-state index contributed by atoms with van der Waals surface area (Å²) in [5, 5.41) is 0.618. The standard InChI is InChI=1S/C24H25N3O2S/c1-17-8-6-7-11-20(17)16-26-14-15-27(24(26)29)23-25-18(2)22(30-23)21(28)13-12-19-9-4-3-5-10-19/h3-11H,12-16H2,1-2H3. The van der Waals surface area contributed by atoms with Crippen molar-refractivity contribution in [1.29, 1.82) is 0 Å². The van der Waals surface area contributed by atoms with Crippen molar-refractivity contribution in [1.82, 2.24) is 9.88 Å². The fourth-order valence-corrected chi connectivity index (χ4v) is 4.73. The molecule has 0 unspecified atom stereocenters. The normalized spacial score (nSPS) is 13.9. The van der Waals surface area contributed by atoms with E-state index in [1.54, 1.807) is 4.90 Å². The number of rotatable bonds is 7. The topological polar surface area (TPSA) is 53.5 Å². The van der Waals surface area contributed by atoms with Crippen LogP contribution in [0, 0.1) is 13.8 Å². The van der Waals surface area contributed by atoms with Crippen LogP contribution in [0.15, 0.2) is 54.6 Å². The Morgan fingerprint density at radius 2 is 1.77 bits per heavy atom. The van der Waals surface area contributed by atoms with E-state index in [0.29, 0.717) is 48.2 Å². The van der Waals surface area contributed by atoms with Crippen molar-refractivity contribution in [2.24, 2.45) is 0 Å². The van der Waals surface area contributed by atoms with Gasteiger partial charge in [-0.15, -0.1) is 0 Å². The summed E-state index contributed by atoms with van der Waals surface area (Å²) in [6.07, 6.45) is 1.15. The lowest BCUT2D eigenvalue weighted by atomic mass is 10.1. The Kier molecular flexibility index (Phi) is 5.95. The van der Waals surface area contributed by atoms with Gasteiger partial charge in [0, 0.05) is 26.1 Å². The van der Waals surface area contributed by atoms with E-state index in [2.05, 4.69) is 24.0 Å². The van der Waals surface area contributed by atoms with Gasteiger partial charge in [0.2, 0.25) is 0 Å².